The van der Waals surface area contributed by atoms with Gasteiger partial charge < -0.3 is 20.7 Å². The van der Waals surface area contributed by atoms with Crippen LogP contribution >= 0.6 is 0 Å². The van der Waals surface area contributed by atoms with Crippen molar-refractivity contribution in [3.8, 4) is 0 Å². The summed E-state index contributed by atoms with van der Waals surface area (Å²) in [7, 11) is 0. The molecule has 6 nitrogen and oxygen atoms in total. The number of aryl methyl sites for hydroxylation is 1. The minimum absolute atomic E-state index is 0.253. The zero-order valence-electron chi connectivity index (χ0n) is 13.3. The number of fused-ring (bicyclic) bond motifs is 1. The normalized spacial score (nSPS) is 12.6. The Morgan fingerprint density at radius 3 is 2.82 bits per heavy atom. The van der Waals surface area contributed by atoms with E-state index in [1.54, 1.807) is 0 Å². The van der Waals surface area contributed by atoms with E-state index in [0.717, 1.165) is 16.6 Å². The second kappa shape index (κ2) is 7.26. The van der Waals surface area contributed by atoms with Crippen LogP contribution in [0.3, 0.4) is 0 Å². The Labute approximate surface area is 130 Å². The Balaban J connectivity index is 1.81. The van der Waals surface area contributed by atoms with Crippen LogP contribution in [-0.2, 0) is 6.54 Å². The molecule has 4 N–H and O–H groups in total. The number of aromatic amines is 1. The van der Waals surface area contributed by atoms with Crippen molar-refractivity contribution in [1.29, 1.82) is 0 Å². The van der Waals surface area contributed by atoms with Gasteiger partial charge in [-0.25, -0.2) is 9.78 Å². The number of carbonyl (C=O) groups excluding carboxylic acids is 1. The average molecular weight is 304 g/mol. The van der Waals surface area contributed by atoms with Crippen molar-refractivity contribution in [2.24, 2.45) is 5.92 Å². The van der Waals surface area contributed by atoms with Crippen LogP contribution in [0.5, 0.6) is 0 Å². The lowest BCUT2D eigenvalue weighted by atomic mass is 10.1. The molecule has 120 valence electrons. The highest BCUT2D eigenvalue weighted by Gasteiger charge is 2.10. The van der Waals surface area contributed by atoms with Crippen LogP contribution in [-0.4, -0.2) is 33.8 Å². The number of rotatable bonds is 6. The monoisotopic (exact) mass is 304 g/mol. The maximum Gasteiger partial charge on any atom is 0.315 e. The zero-order chi connectivity index (χ0) is 16.1. The van der Waals surface area contributed by atoms with Crippen molar-refractivity contribution < 1.29 is 9.90 Å². The van der Waals surface area contributed by atoms with E-state index in [2.05, 4.69) is 20.6 Å². The lowest BCUT2D eigenvalue weighted by Crippen LogP contribution is -2.39. The molecule has 0 bridgehead atoms. The number of nitrogens with zero attached hydrogens (tertiary/aromatic N) is 1. The predicted octanol–water partition coefficient (Wildman–Crippen LogP) is 2.08. The first kappa shape index (κ1) is 16.3. The summed E-state index contributed by atoms with van der Waals surface area (Å²) in [4.78, 5) is 19.4. The van der Waals surface area contributed by atoms with Gasteiger partial charge in [0.1, 0.15) is 5.82 Å². The molecule has 1 atom stereocenters. The number of aliphatic hydroxyl groups is 1. The summed E-state index contributed by atoms with van der Waals surface area (Å²) >= 11 is 0. The highest BCUT2D eigenvalue weighted by Crippen LogP contribution is 2.15. The third-order valence-electron chi connectivity index (χ3n) is 3.42. The minimum atomic E-state index is -0.514. The number of hydrogen-bond donors (Lipinski definition) is 4. The van der Waals surface area contributed by atoms with E-state index in [4.69, 9.17) is 0 Å². The Hall–Kier alpha value is -2.08. The summed E-state index contributed by atoms with van der Waals surface area (Å²) in [6.07, 6.45) is 0.156. The van der Waals surface area contributed by atoms with Crippen molar-refractivity contribution in [2.45, 2.75) is 39.8 Å². The zero-order valence-corrected chi connectivity index (χ0v) is 13.3. The van der Waals surface area contributed by atoms with Crippen LogP contribution in [0.15, 0.2) is 18.2 Å². The van der Waals surface area contributed by atoms with E-state index in [0.29, 0.717) is 24.7 Å². The molecule has 0 saturated heterocycles. The van der Waals surface area contributed by atoms with Gasteiger partial charge in [-0.2, -0.15) is 0 Å². The standard InChI is InChI=1S/C16H24N4O2/c1-10(2)7-12(21)8-17-16(22)18-9-14-19-13-6-4-5-11(3)15(13)20-14/h4-6,10,12,21H,7-9H2,1-3H3,(H,19,20)(H2,17,18,22). The van der Waals surface area contributed by atoms with Gasteiger partial charge in [-0.3, -0.25) is 0 Å². The Kier molecular flexibility index (Phi) is 5.38. The largest absolute Gasteiger partial charge is 0.391 e. The molecule has 0 aliphatic heterocycles. The van der Waals surface area contributed by atoms with Gasteiger partial charge >= 0.3 is 6.03 Å². The SMILES string of the molecule is Cc1cccc2[nH]c(CNC(=O)NCC(O)CC(C)C)nc12. The number of nitrogens with one attached hydrogen (secondary N) is 3. The van der Waals surface area contributed by atoms with Gasteiger partial charge in [-0.15, -0.1) is 0 Å². The number of imidazole rings is 1. The molecule has 22 heavy (non-hydrogen) atoms. The molecule has 6 heteroatoms. The van der Waals surface area contributed by atoms with Crippen LogP contribution in [0.2, 0.25) is 0 Å². The number of hydrogen-bond acceptors (Lipinski definition) is 3. The molecule has 2 amide bonds. The van der Waals surface area contributed by atoms with Crippen LogP contribution in [0.1, 0.15) is 31.7 Å². The summed E-state index contributed by atoms with van der Waals surface area (Å²) in [6.45, 7) is 6.65. The third-order valence-corrected chi connectivity index (χ3v) is 3.42. The van der Waals surface area contributed by atoms with Gasteiger partial charge in [0.15, 0.2) is 0 Å². The lowest BCUT2D eigenvalue weighted by molar-refractivity contribution is 0.147. The molecule has 1 unspecified atom stereocenters. The van der Waals surface area contributed by atoms with Gasteiger partial charge in [-0.1, -0.05) is 26.0 Å². The molecule has 1 aromatic carbocycles. The molecule has 1 heterocycles. The Morgan fingerprint density at radius 1 is 1.36 bits per heavy atom. The molecule has 0 spiro atoms. The van der Waals surface area contributed by atoms with Gasteiger partial charge in [0, 0.05) is 6.54 Å². The fourth-order valence-corrected chi connectivity index (χ4v) is 2.37. The number of urea groups is 1. The van der Waals surface area contributed by atoms with Crippen molar-refractivity contribution in [3.63, 3.8) is 0 Å². The van der Waals surface area contributed by atoms with Crippen molar-refractivity contribution in [2.75, 3.05) is 6.54 Å². The minimum Gasteiger partial charge on any atom is -0.391 e. The fourth-order valence-electron chi connectivity index (χ4n) is 2.37. The Bertz CT molecular complexity index is 636. The quantitative estimate of drug-likeness (QED) is 0.658. The Morgan fingerprint density at radius 2 is 2.14 bits per heavy atom. The van der Waals surface area contributed by atoms with Crippen LogP contribution < -0.4 is 10.6 Å². The van der Waals surface area contributed by atoms with E-state index in [-0.39, 0.29) is 12.6 Å². The van der Waals surface area contributed by atoms with E-state index >= 15 is 0 Å². The average Bonchev–Trinajstić information content (AvgIpc) is 2.87. The summed E-state index contributed by atoms with van der Waals surface area (Å²) in [5, 5.41) is 15.1. The number of benzene rings is 1. The van der Waals surface area contributed by atoms with Gasteiger partial charge in [-0.05, 0) is 30.9 Å². The highest BCUT2D eigenvalue weighted by molar-refractivity contribution is 5.78. The predicted molar refractivity (Wildman–Crippen MR) is 86.5 cm³/mol. The molecule has 2 rings (SSSR count). The third kappa shape index (κ3) is 4.46. The number of para-hydroxylation sites is 1. The first-order chi connectivity index (χ1) is 10.5. The van der Waals surface area contributed by atoms with Gasteiger partial charge in [0.2, 0.25) is 0 Å². The molecule has 1 aromatic heterocycles. The van der Waals surface area contributed by atoms with E-state index in [1.165, 1.54) is 0 Å². The summed E-state index contributed by atoms with van der Waals surface area (Å²) in [6, 6.07) is 5.63. The molecule has 0 saturated carbocycles. The molecule has 0 radical (unpaired) electrons. The van der Waals surface area contributed by atoms with Crippen molar-refractivity contribution >= 4 is 17.1 Å². The van der Waals surface area contributed by atoms with Gasteiger partial charge in [0.25, 0.3) is 0 Å². The molecule has 0 aliphatic rings. The molecule has 0 fully saturated rings. The van der Waals surface area contributed by atoms with Gasteiger partial charge in [0.05, 0.1) is 23.7 Å². The number of aliphatic hydroxyl groups excluding tert-OH is 1. The van der Waals surface area contributed by atoms with E-state index < -0.39 is 6.10 Å². The second-order valence-electron chi connectivity index (χ2n) is 6.00. The fraction of sp³-hybridized carbons (Fsp3) is 0.500. The second-order valence-corrected chi connectivity index (χ2v) is 6.00. The van der Waals surface area contributed by atoms with E-state index in [9.17, 15) is 9.90 Å². The maximum absolute atomic E-state index is 11.7. The lowest BCUT2D eigenvalue weighted by Gasteiger charge is -2.14. The molecular weight excluding hydrogens is 280 g/mol. The first-order valence-corrected chi connectivity index (χ1v) is 7.59. The number of aromatic nitrogens is 2. The topological polar surface area (TPSA) is 90.0 Å². The molecular formula is C16H24N4O2. The summed E-state index contributed by atoms with van der Waals surface area (Å²) in [5.74, 6) is 1.11. The maximum atomic E-state index is 11.7. The summed E-state index contributed by atoms with van der Waals surface area (Å²) in [5.41, 5.74) is 2.98. The summed E-state index contributed by atoms with van der Waals surface area (Å²) < 4.78 is 0. The highest BCUT2D eigenvalue weighted by atomic mass is 16.3. The number of amides is 2. The van der Waals surface area contributed by atoms with Crippen LogP contribution in [0, 0.1) is 12.8 Å². The van der Waals surface area contributed by atoms with Crippen LogP contribution in [0.4, 0.5) is 4.79 Å². The molecule has 0 aliphatic carbocycles. The van der Waals surface area contributed by atoms with E-state index in [1.807, 2.05) is 39.0 Å². The van der Waals surface area contributed by atoms with Crippen molar-refractivity contribution in [1.82, 2.24) is 20.6 Å². The van der Waals surface area contributed by atoms with Crippen molar-refractivity contribution in [3.05, 3.63) is 29.6 Å². The first-order valence-electron chi connectivity index (χ1n) is 7.59. The van der Waals surface area contributed by atoms with Crippen LogP contribution in [0.25, 0.3) is 11.0 Å². The molecule has 2 aromatic rings. The smallest absolute Gasteiger partial charge is 0.315 e. The number of H-pyrrole nitrogens is 1. The number of carbonyl (C=O) groups is 1.